The van der Waals surface area contributed by atoms with Crippen molar-refractivity contribution < 1.29 is 14.6 Å². The largest absolute Gasteiger partial charge is 0.388 e. The number of aliphatic hydroxyl groups is 1. The highest BCUT2D eigenvalue weighted by molar-refractivity contribution is 5.77. The Bertz CT molecular complexity index is 459. The number of ether oxygens (including phenoxy) is 1. The number of nitrogens with zero attached hydrogens (tertiary/aromatic N) is 1. The number of carbonyl (C=O) groups is 1. The lowest BCUT2D eigenvalue weighted by Crippen LogP contribution is -2.38. The van der Waals surface area contributed by atoms with Crippen LogP contribution in [0.15, 0.2) is 18.2 Å². The van der Waals surface area contributed by atoms with Crippen LogP contribution in [-0.2, 0) is 22.5 Å². The van der Waals surface area contributed by atoms with Crippen LogP contribution in [0.5, 0.6) is 0 Å². The fraction of sp³-hybridized carbons (Fsp3) is 0.533. The molecular formula is C15H21NO3. The molecule has 0 radical (unpaired) electrons. The highest BCUT2D eigenvalue weighted by Gasteiger charge is 2.21. The zero-order chi connectivity index (χ0) is 13.8. The second-order valence-electron chi connectivity index (χ2n) is 4.95. The van der Waals surface area contributed by atoms with Crippen molar-refractivity contribution in [2.24, 2.45) is 0 Å². The molecule has 0 bridgehead atoms. The van der Waals surface area contributed by atoms with E-state index in [9.17, 15) is 9.90 Å². The minimum atomic E-state index is -0.421. The Balaban J connectivity index is 2.16. The lowest BCUT2D eigenvalue weighted by atomic mass is 9.95. The first-order chi connectivity index (χ1) is 9.15. The fourth-order valence-electron chi connectivity index (χ4n) is 2.45. The topological polar surface area (TPSA) is 49.8 Å². The molecular weight excluding hydrogens is 242 g/mol. The first-order valence-corrected chi connectivity index (χ1v) is 6.72. The number of hydrogen-bond acceptors (Lipinski definition) is 3. The average Bonchev–Trinajstić information content (AvgIpc) is 2.45. The summed E-state index contributed by atoms with van der Waals surface area (Å²) in [6.07, 6.45) is 1.15. The SMILES string of the molecule is CCC(O)c1ccc2c(c1)CN(C(=O)COC)CC2. The van der Waals surface area contributed by atoms with Crippen LogP contribution in [0.2, 0.25) is 0 Å². The molecule has 2 rings (SSSR count). The van der Waals surface area contributed by atoms with E-state index in [2.05, 4.69) is 6.07 Å². The van der Waals surface area contributed by atoms with Gasteiger partial charge in [-0.3, -0.25) is 4.79 Å². The monoisotopic (exact) mass is 263 g/mol. The summed E-state index contributed by atoms with van der Waals surface area (Å²) in [6.45, 7) is 3.44. The van der Waals surface area contributed by atoms with E-state index in [1.54, 1.807) is 0 Å². The third-order valence-corrected chi connectivity index (χ3v) is 3.63. The molecule has 104 valence electrons. The summed E-state index contributed by atoms with van der Waals surface area (Å²) in [6, 6.07) is 6.08. The zero-order valence-corrected chi connectivity index (χ0v) is 11.6. The molecule has 0 spiro atoms. The maximum absolute atomic E-state index is 11.8. The summed E-state index contributed by atoms with van der Waals surface area (Å²) in [5.74, 6) is 0.0228. The molecule has 1 aromatic carbocycles. The van der Waals surface area contributed by atoms with E-state index in [0.717, 1.165) is 24.1 Å². The second kappa shape index (κ2) is 6.17. The van der Waals surface area contributed by atoms with Gasteiger partial charge in [-0.25, -0.2) is 0 Å². The van der Waals surface area contributed by atoms with Gasteiger partial charge in [-0.1, -0.05) is 25.1 Å². The van der Waals surface area contributed by atoms with Gasteiger partial charge in [0, 0.05) is 20.2 Å². The Morgan fingerprint density at radius 1 is 1.47 bits per heavy atom. The van der Waals surface area contributed by atoms with Crippen LogP contribution >= 0.6 is 0 Å². The van der Waals surface area contributed by atoms with Gasteiger partial charge in [-0.05, 0) is 29.5 Å². The molecule has 1 aliphatic heterocycles. The number of methoxy groups -OCH3 is 1. The normalized spacial score (nSPS) is 16.1. The van der Waals surface area contributed by atoms with E-state index >= 15 is 0 Å². The van der Waals surface area contributed by atoms with Gasteiger partial charge in [0.15, 0.2) is 0 Å². The molecule has 4 heteroatoms. The Morgan fingerprint density at radius 3 is 2.95 bits per heavy atom. The van der Waals surface area contributed by atoms with Crippen LogP contribution in [-0.4, -0.2) is 36.2 Å². The summed E-state index contributed by atoms with van der Waals surface area (Å²) in [5, 5.41) is 9.89. The molecule has 0 saturated heterocycles. The van der Waals surface area contributed by atoms with Crippen molar-refractivity contribution in [3.63, 3.8) is 0 Å². The van der Waals surface area contributed by atoms with E-state index in [-0.39, 0.29) is 12.5 Å². The Kier molecular flexibility index (Phi) is 4.56. The maximum Gasteiger partial charge on any atom is 0.248 e. The Labute approximate surface area is 114 Å². The molecule has 0 saturated carbocycles. The number of fused-ring (bicyclic) bond motifs is 1. The summed E-state index contributed by atoms with van der Waals surface area (Å²) >= 11 is 0. The molecule has 1 unspecified atom stereocenters. The third kappa shape index (κ3) is 3.14. The van der Waals surface area contributed by atoms with Crippen LogP contribution < -0.4 is 0 Å². The van der Waals surface area contributed by atoms with E-state index < -0.39 is 6.10 Å². The third-order valence-electron chi connectivity index (χ3n) is 3.63. The first-order valence-electron chi connectivity index (χ1n) is 6.72. The standard InChI is InChI=1S/C15H21NO3/c1-3-14(17)12-5-4-11-6-7-16(9-13(11)8-12)15(18)10-19-2/h4-5,8,14,17H,3,6-7,9-10H2,1-2H3. The second-order valence-corrected chi connectivity index (χ2v) is 4.95. The molecule has 1 atom stereocenters. The summed E-state index contributed by atoms with van der Waals surface area (Å²) in [5.41, 5.74) is 3.34. The van der Waals surface area contributed by atoms with Gasteiger partial charge in [0.1, 0.15) is 6.61 Å². The molecule has 0 aliphatic carbocycles. The molecule has 0 fully saturated rings. The van der Waals surface area contributed by atoms with Crippen LogP contribution in [0.1, 0.15) is 36.1 Å². The minimum Gasteiger partial charge on any atom is -0.388 e. The van der Waals surface area contributed by atoms with E-state index in [4.69, 9.17) is 4.74 Å². The summed E-state index contributed by atoms with van der Waals surface area (Å²) in [7, 11) is 1.53. The van der Waals surface area contributed by atoms with Crippen molar-refractivity contribution in [2.75, 3.05) is 20.3 Å². The first kappa shape index (κ1) is 14.0. The molecule has 1 aromatic rings. The van der Waals surface area contributed by atoms with Gasteiger partial charge in [0.25, 0.3) is 0 Å². The molecule has 4 nitrogen and oxygen atoms in total. The average molecular weight is 263 g/mol. The fourth-order valence-corrected chi connectivity index (χ4v) is 2.45. The minimum absolute atomic E-state index is 0.0228. The van der Waals surface area contributed by atoms with Crippen molar-refractivity contribution >= 4 is 5.91 Å². The van der Waals surface area contributed by atoms with Crippen LogP contribution in [0.4, 0.5) is 0 Å². The predicted octanol–water partition coefficient (Wildman–Crippen LogP) is 1.66. The van der Waals surface area contributed by atoms with Crippen molar-refractivity contribution in [1.29, 1.82) is 0 Å². The number of rotatable bonds is 4. The number of hydrogen-bond donors (Lipinski definition) is 1. The Hall–Kier alpha value is -1.39. The van der Waals surface area contributed by atoms with Crippen molar-refractivity contribution in [3.05, 3.63) is 34.9 Å². The maximum atomic E-state index is 11.8. The van der Waals surface area contributed by atoms with Crippen LogP contribution in [0, 0.1) is 0 Å². The van der Waals surface area contributed by atoms with E-state index in [0.29, 0.717) is 13.0 Å². The van der Waals surface area contributed by atoms with E-state index in [1.165, 1.54) is 12.7 Å². The van der Waals surface area contributed by atoms with Gasteiger partial charge < -0.3 is 14.7 Å². The quantitative estimate of drug-likeness (QED) is 0.899. The predicted molar refractivity (Wildman–Crippen MR) is 72.7 cm³/mol. The highest BCUT2D eigenvalue weighted by atomic mass is 16.5. The number of carbonyl (C=O) groups excluding carboxylic acids is 1. The van der Waals surface area contributed by atoms with Gasteiger partial charge in [0.05, 0.1) is 6.10 Å². The molecule has 1 aliphatic rings. The molecule has 19 heavy (non-hydrogen) atoms. The van der Waals surface area contributed by atoms with Crippen LogP contribution in [0.3, 0.4) is 0 Å². The molecule has 1 heterocycles. The Morgan fingerprint density at radius 2 is 2.26 bits per heavy atom. The highest BCUT2D eigenvalue weighted by Crippen LogP contribution is 2.24. The van der Waals surface area contributed by atoms with Crippen molar-refractivity contribution in [2.45, 2.75) is 32.4 Å². The van der Waals surface area contributed by atoms with Crippen LogP contribution in [0.25, 0.3) is 0 Å². The van der Waals surface area contributed by atoms with E-state index in [1.807, 2.05) is 24.0 Å². The van der Waals surface area contributed by atoms with Gasteiger partial charge in [0.2, 0.25) is 5.91 Å². The van der Waals surface area contributed by atoms with Crippen molar-refractivity contribution in [3.8, 4) is 0 Å². The molecule has 1 amide bonds. The van der Waals surface area contributed by atoms with Gasteiger partial charge >= 0.3 is 0 Å². The van der Waals surface area contributed by atoms with Gasteiger partial charge in [-0.2, -0.15) is 0 Å². The summed E-state index contributed by atoms with van der Waals surface area (Å²) < 4.78 is 4.89. The summed E-state index contributed by atoms with van der Waals surface area (Å²) in [4.78, 5) is 13.6. The molecule has 1 N–H and O–H groups in total. The number of aliphatic hydroxyl groups excluding tert-OH is 1. The molecule has 0 aromatic heterocycles. The number of benzene rings is 1. The smallest absolute Gasteiger partial charge is 0.248 e. The number of amides is 1. The van der Waals surface area contributed by atoms with Crippen molar-refractivity contribution in [1.82, 2.24) is 4.90 Å². The zero-order valence-electron chi connectivity index (χ0n) is 11.6. The van der Waals surface area contributed by atoms with Gasteiger partial charge in [-0.15, -0.1) is 0 Å². The lowest BCUT2D eigenvalue weighted by Gasteiger charge is -2.29. The lowest BCUT2D eigenvalue weighted by molar-refractivity contribution is -0.136.